The average molecular weight is 539 g/mol. The van der Waals surface area contributed by atoms with Crippen LogP contribution in [-0.4, -0.2) is 50.5 Å². The quantitative estimate of drug-likeness (QED) is 0.462. The Morgan fingerprint density at radius 2 is 2.00 bits per heavy atom. The Kier molecular flexibility index (Phi) is 6.04. The largest absolute Gasteiger partial charge is 0.467 e. The van der Waals surface area contributed by atoms with Crippen LogP contribution in [0, 0.1) is 11.7 Å². The number of carbonyl (C=O) groups excluding carboxylic acids is 2. The van der Waals surface area contributed by atoms with Crippen molar-refractivity contribution in [3.05, 3.63) is 47.7 Å². The molecular weight excluding hydrogens is 516 g/mol. The van der Waals surface area contributed by atoms with Gasteiger partial charge in [0, 0.05) is 23.2 Å². The Balaban J connectivity index is 1.33. The average Bonchev–Trinajstić information content (AvgIpc) is 3.75. The predicted molar refractivity (Wildman–Crippen MR) is 127 cm³/mol. The monoisotopic (exact) mass is 538 g/mol. The molecule has 1 aromatic heterocycles. The molecule has 0 bridgehead atoms. The minimum absolute atomic E-state index is 0.125. The van der Waals surface area contributed by atoms with E-state index in [2.05, 4.69) is 30.3 Å². The van der Waals surface area contributed by atoms with Crippen molar-refractivity contribution in [1.82, 2.24) is 15.3 Å². The number of rotatable bonds is 7. The van der Waals surface area contributed by atoms with E-state index < -0.39 is 40.7 Å². The van der Waals surface area contributed by atoms with Gasteiger partial charge in [0.25, 0.3) is 5.91 Å². The maximum Gasteiger partial charge on any atom is 0.422 e. The molecule has 0 unspecified atom stereocenters. The van der Waals surface area contributed by atoms with Crippen LogP contribution in [0.15, 0.2) is 35.6 Å². The van der Waals surface area contributed by atoms with Crippen LogP contribution in [0.4, 0.5) is 23.2 Å². The van der Waals surface area contributed by atoms with Gasteiger partial charge in [-0.25, -0.2) is 14.4 Å². The number of amides is 2. The summed E-state index contributed by atoms with van der Waals surface area (Å²) >= 11 is 1.20. The SMILES string of the molecule is C[C@]1(c2cc(NC(=O)c3cnc(OCC(F)(F)F)cn3)ccc2F)N=C(N)S[C@@]2(C(=O)NC3CC3)C[C@H]21. The second-order valence-corrected chi connectivity index (χ2v) is 10.7. The number of aromatic nitrogens is 2. The van der Waals surface area contributed by atoms with E-state index in [1.54, 1.807) is 6.92 Å². The second kappa shape index (κ2) is 8.85. The highest BCUT2D eigenvalue weighted by molar-refractivity contribution is 8.15. The molecule has 0 radical (unpaired) electrons. The third kappa shape index (κ3) is 5.06. The predicted octanol–water partition coefficient (Wildman–Crippen LogP) is 3.12. The number of halogens is 4. The first-order chi connectivity index (χ1) is 17.4. The Hall–Kier alpha value is -3.42. The smallest absolute Gasteiger partial charge is 0.422 e. The van der Waals surface area contributed by atoms with Gasteiger partial charge >= 0.3 is 6.18 Å². The van der Waals surface area contributed by atoms with Crippen molar-refractivity contribution < 1.29 is 31.9 Å². The normalized spacial score (nSPS) is 26.5. The highest BCUT2D eigenvalue weighted by atomic mass is 32.2. The highest BCUT2D eigenvalue weighted by Gasteiger charge is 2.70. The van der Waals surface area contributed by atoms with Gasteiger partial charge in [-0.05, 0) is 44.4 Å². The third-order valence-corrected chi connectivity index (χ3v) is 7.83. The number of nitrogens with two attached hydrogens (primary N) is 1. The van der Waals surface area contributed by atoms with Crippen molar-refractivity contribution in [3.63, 3.8) is 0 Å². The van der Waals surface area contributed by atoms with Crippen LogP contribution in [0.3, 0.4) is 0 Å². The van der Waals surface area contributed by atoms with Gasteiger partial charge in [-0.3, -0.25) is 14.6 Å². The molecule has 2 fully saturated rings. The summed E-state index contributed by atoms with van der Waals surface area (Å²) in [6, 6.07) is 4.12. The molecule has 2 amide bonds. The van der Waals surface area contributed by atoms with Crippen LogP contribution in [-0.2, 0) is 10.3 Å². The van der Waals surface area contributed by atoms with Crippen LogP contribution in [0.5, 0.6) is 5.88 Å². The topological polar surface area (TPSA) is 132 Å². The molecule has 14 heteroatoms. The van der Waals surface area contributed by atoms with Crippen molar-refractivity contribution in [1.29, 1.82) is 0 Å². The molecule has 1 aliphatic heterocycles. The summed E-state index contributed by atoms with van der Waals surface area (Å²) in [5.74, 6) is -2.11. The standard InChI is InChI=1S/C23H22F4N6O3S/c1-21(16-7-22(16,37-20(28)33-21)19(35)32-11-2-3-11)13-6-12(4-5-14(13)24)31-18(34)15-8-30-17(9-29-15)36-10-23(25,26)27/h4-6,8-9,11,16H,2-3,7,10H2,1H3,(H2,28,33)(H,31,34)(H,32,35)/t16-,21+,22-/m0/s1. The maximum absolute atomic E-state index is 15.1. The molecule has 1 aromatic carbocycles. The number of aliphatic imine (C=N–C) groups is 1. The van der Waals surface area contributed by atoms with Gasteiger partial charge in [0.1, 0.15) is 16.3 Å². The number of anilines is 1. The van der Waals surface area contributed by atoms with Crippen LogP contribution < -0.4 is 21.1 Å². The molecule has 4 N–H and O–H groups in total. The number of carbonyl (C=O) groups is 2. The van der Waals surface area contributed by atoms with E-state index in [0.29, 0.717) is 6.42 Å². The molecule has 0 spiro atoms. The summed E-state index contributed by atoms with van der Waals surface area (Å²) < 4.78 is 55.6. The number of nitrogens with zero attached hydrogens (tertiary/aromatic N) is 3. The lowest BCUT2D eigenvalue weighted by atomic mass is 9.85. The number of nitrogens with one attached hydrogen (secondary N) is 2. The van der Waals surface area contributed by atoms with Crippen molar-refractivity contribution in [3.8, 4) is 5.88 Å². The Labute approximate surface area is 212 Å². The number of fused-ring (bicyclic) bond motifs is 1. The van der Waals surface area contributed by atoms with Gasteiger partial charge < -0.3 is 21.1 Å². The highest BCUT2D eigenvalue weighted by Crippen LogP contribution is 2.66. The zero-order valence-corrected chi connectivity index (χ0v) is 20.3. The van der Waals surface area contributed by atoms with Crippen LogP contribution in [0.1, 0.15) is 42.2 Å². The second-order valence-electron chi connectivity index (χ2n) is 9.39. The molecule has 37 heavy (non-hydrogen) atoms. The van der Waals surface area contributed by atoms with Gasteiger partial charge in [-0.1, -0.05) is 11.8 Å². The van der Waals surface area contributed by atoms with Crippen LogP contribution in [0.25, 0.3) is 0 Å². The first kappa shape index (κ1) is 25.2. The molecule has 2 saturated carbocycles. The zero-order valence-electron chi connectivity index (χ0n) is 19.4. The number of alkyl halides is 3. The Morgan fingerprint density at radius 3 is 2.65 bits per heavy atom. The fourth-order valence-electron chi connectivity index (χ4n) is 4.46. The van der Waals surface area contributed by atoms with Gasteiger partial charge in [0.2, 0.25) is 11.8 Å². The van der Waals surface area contributed by atoms with E-state index in [4.69, 9.17) is 5.73 Å². The first-order valence-corrected chi connectivity index (χ1v) is 12.2. The number of amidine groups is 1. The third-order valence-electron chi connectivity index (χ3n) is 6.53. The van der Waals surface area contributed by atoms with Gasteiger partial charge in [0.15, 0.2) is 11.8 Å². The summed E-state index contributed by atoms with van der Waals surface area (Å²) in [4.78, 5) is 37.6. The van der Waals surface area contributed by atoms with E-state index in [9.17, 15) is 22.8 Å². The van der Waals surface area contributed by atoms with E-state index in [1.165, 1.54) is 30.0 Å². The van der Waals surface area contributed by atoms with Crippen molar-refractivity contribution >= 4 is 34.4 Å². The van der Waals surface area contributed by atoms with E-state index in [1.807, 2.05) is 0 Å². The lowest BCUT2D eigenvalue weighted by molar-refractivity contribution is -0.154. The van der Waals surface area contributed by atoms with Gasteiger partial charge in [-0.15, -0.1) is 0 Å². The number of hydrogen-bond donors (Lipinski definition) is 3. The summed E-state index contributed by atoms with van der Waals surface area (Å²) in [7, 11) is 0. The molecule has 9 nitrogen and oxygen atoms in total. The van der Waals surface area contributed by atoms with Gasteiger partial charge in [0.05, 0.1) is 17.9 Å². The summed E-state index contributed by atoms with van der Waals surface area (Å²) in [5, 5.41) is 5.76. The van der Waals surface area contributed by atoms with E-state index >= 15 is 4.39 Å². The molecule has 2 aliphatic carbocycles. The van der Waals surface area contributed by atoms with Crippen molar-refractivity contribution in [2.45, 2.75) is 48.7 Å². The Morgan fingerprint density at radius 1 is 1.24 bits per heavy atom. The molecular formula is C23H22F4N6O3S. The number of thioether (sulfide) groups is 1. The summed E-state index contributed by atoms with van der Waals surface area (Å²) in [5.41, 5.74) is 5.15. The fraction of sp³-hybridized carbons (Fsp3) is 0.435. The van der Waals surface area contributed by atoms with E-state index in [-0.39, 0.29) is 40.0 Å². The van der Waals surface area contributed by atoms with Crippen LogP contribution >= 0.6 is 11.8 Å². The van der Waals surface area contributed by atoms with Crippen LogP contribution in [0.2, 0.25) is 0 Å². The maximum atomic E-state index is 15.1. The lowest BCUT2D eigenvalue weighted by Crippen LogP contribution is -2.44. The minimum Gasteiger partial charge on any atom is -0.467 e. The Bertz CT molecular complexity index is 1290. The number of hydrogen-bond acceptors (Lipinski definition) is 8. The minimum atomic E-state index is -4.54. The fourth-order valence-corrected chi connectivity index (χ4v) is 5.84. The molecule has 196 valence electrons. The number of benzene rings is 1. The summed E-state index contributed by atoms with van der Waals surface area (Å²) in [6.07, 6.45) is -0.335. The molecule has 0 saturated heterocycles. The molecule has 2 heterocycles. The molecule has 2 aromatic rings. The van der Waals surface area contributed by atoms with Crippen molar-refractivity contribution in [2.24, 2.45) is 16.6 Å². The molecule has 5 rings (SSSR count). The first-order valence-electron chi connectivity index (χ1n) is 11.4. The summed E-state index contributed by atoms with van der Waals surface area (Å²) in [6.45, 7) is 0.173. The zero-order chi connectivity index (χ0) is 26.6. The molecule has 3 aliphatic rings. The lowest BCUT2D eigenvalue weighted by Gasteiger charge is -2.34. The number of ether oxygens (including phenoxy) is 1. The van der Waals surface area contributed by atoms with Gasteiger partial charge in [-0.2, -0.15) is 13.2 Å². The van der Waals surface area contributed by atoms with E-state index in [0.717, 1.165) is 25.2 Å². The molecule has 3 atom stereocenters. The van der Waals surface area contributed by atoms with Crippen molar-refractivity contribution in [2.75, 3.05) is 11.9 Å².